The van der Waals surface area contributed by atoms with Crippen molar-refractivity contribution in [2.45, 2.75) is 11.6 Å². The van der Waals surface area contributed by atoms with Crippen molar-refractivity contribution in [1.82, 2.24) is 14.7 Å². The molecule has 0 bridgehead atoms. The van der Waals surface area contributed by atoms with Crippen molar-refractivity contribution in [3.8, 4) is 5.75 Å². The van der Waals surface area contributed by atoms with Gasteiger partial charge in [-0.05, 0) is 30.3 Å². The zero-order chi connectivity index (χ0) is 21.4. The topological polar surface area (TPSA) is 62.3 Å². The van der Waals surface area contributed by atoms with Gasteiger partial charge in [0.2, 0.25) is 0 Å². The molecule has 3 saturated heterocycles. The van der Waals surface area contributed by atoms with Crippen LogP contribution in [-0.4, -0.2) is 91.1 Å². The first-order chi connectivity index (χ1) is 15.1. The summed E-state index contributed by atoms with van der Waals surface area (Å²) in [6.07, 6.45) is 0. The van der Waals surface area contributed by atoms with Crippen molar-refractivity contribution < 1.29 is 19.1 Å². The molecule has 2 aromatic carbocycles. The Labute approximate surface area is 182 Å². The van der Waals surface area contributed by atoms with Gasteiger partial charge in [-0.25, -0.2) is 0 Å². The lowest BCUT2D eigenvalue weighted by molar-refractivity contribution is -0.148. The van der Waals surface area contributed by atoms with E-state index in [1.807, 2.05) is 58.3 Å². The minimum absolute atomic E-state index is 0.00339. The summed E-state index contributed by atoms with van der Waals surface area (Å²) in [7, 11) is 1.60. The molecular formula is C24H27N3O4. The van der Waals surface area contributed by atoms with Gasteiger partial charge < -0.3 is 19.3 Å². The van der Waals surface area contributed by atoms with Gasteiger partial charge >= 0.3 is 0 Å². The Morgan fingerprint density at radius 1 is 0.968 bits per heavy atom. The molecule has 7 nitrogen and oxygen atoms in total. The van der Waals surface area contributed by atoms with Gasteiger partial charge in [0.1, 0.15) is 5.75 Å². The van der Waals surface area contributed by atoms with Crippen LogP contribution in [0.3, 0.4) is 0 Å². The number of amides is 2. The number of hydrogen-bond donors (Lipinski definition) is 0. The average molecular weight is 421 g/mol. The van der Waals surface area contributed by atoms with Crippen molar-refractivity contribution in [3.63, 3.8) is 0 Å². The number of carbonyl (C=O) groups excluding carboxylic acids is 2. The largest absolute Gasteiger partial charge is 0.497 e. The number of fused-ring (bicyclic) bond motifs is 2. The van der Waals surface area contributed by atoms with E-state index in [0.717, 1.165) is 6.54 Å². The van der Waals surface area contributed by atoms with Crippen LogP contribution in [0, 0.1) is 0 Å². The molecule has 2 aromatic rings. The highest BCUT2D eigenvalue weighted by atomic mass is 16.5. The lowest BCUT2D eigenvalue weighted by atomic mass is 9.82. The number of methoxy groups -OCH3 is 1. The fourth-order valence-corrected chi connectivity index (χ4v) is 5.14. The number of likely N-dealkylation sites (tertiary alicyclic amines) is 1. The number of ether oxygens (including phenoxy) is 2. The van der Waals surface area contributed by atoms with Crippen LogP contribution in [-0.2, 0) is 4.74 Å². The summed E-state index contributed by atoms with van der Waals surface area (Å²) in [4.78, 5) is 32.5. The van der Waals surface area contributed by atoms with E-state index in [2.05, 4.69) is 4.90 Å². The van der Waals surface area contributed by atoms with Crippen molar-refractivity contribution in [1.29, 1.82) is 0 Å². The Morgan fingerprint density at radius 3 is 2.45 bits per heavy atom. The molecule has 162 valence electrons. The number of piperazine rings is 1. The van der Waals surface area contributed by atoms with Crippen molar-refractivity contribution in [3.05, 3.63) is 65.7 Å². The van der Waals surface area contributed by atoms with Gasteiger partial charge in [0.05, 0.1) is 31.9 Å². The van der Waals surface area contributed by atoms with E-state index in [9.17, 15) is 9.59 Å². The molecule has 0 aromatic heterocycles. The van der Waals surface area contributed by atoms with E-state index < -0.39 is 0 Å². The number of hydrogen-bond acceptors (Lipinski definition) is 5. The summed E-state index contributed by atoms with van der Waals surface area (Å²) in [5.74, 6) is 0.715. The molecule has 7 heteroatoms. The minimum atomic E-state index is -0.217. The molecule has 3 aliphatic heterocycles. The van der Waals surface area contributed by atoms with Crippen LogP contribution >= 0.6 is 0 Å². The number of nitrogens with zero attached hydrogens (tertiary/aromatic N) is 3. The van der Waals surface area contributed by atoms with Gasteiger partial charge in [-0.2, -0.15) is 0 Å². The third kappa shape index (κ3) is 3.58. The Balaban J connectivity index is 1.36. The van der Waals surface area contributed by atoms with Gasteiger partial charge in [0, 0.05) is 43.9 Å². The summed E-state index contributed by atoms with van der Waals surface area (Å²) in [5, 5.41) is 0. The second-order valence-electron chi connectivity index (χ2n) is 8.59. The van der Waals surface area contributed by atoms with E-state index in [4.69, 9.17) is 9.47 Å². The first-order valence-electron chi connectivity index (χ1n) is 10.7. The van der Waals surface area contributed by atoms with Crippen LogP contribution in [0.4, 0.5) is 0 Å². The van der Waals surface area contributed by atoms with Crippen LogP contribution in [0.1, 0.15) is 20.7 Å². The number of morpholine rings is 1. The molecule has 5 rings (SSSR count). The number of benzene rings is 2. The molecule has 3 aliphatic rings. The summed E-state index contributed by atoms with van der Waals surface area (Å²) in [6, 6.07) is 16.8. The van der Waals surface area contributed by atoms with Gasteiger partial charge in [0.15, 0.2) is 0 Å². The van der Waals surface area contributed by atoms with Crippen molar-refractivity contribution in [2.24, 2.45) is 0 Å². The van der Waals surface area contributed by atoms with Crippen molar-refractivity contribution in [2.75, 3.05) is 53.0 Å². The quantitative estimate of drug-likeness (QED) is 0.756. The molecule has 3 heterocycles. The number of carbonyl (C=O) groups is 2. The molecule has 0 saturated carbocycles. The summed E-state index contributed by atoms with van der Waals surface area (Å²) in [6.45, 7) is 4.62. The molecule has 2 amide bonds. The predicted octanol–water partition coefficient (Wildman–Crippen LogP) is 1.75. The van der Waals surface area contributed by atoms with E-state index in [1.54, 1.807) is 13.2 Å². The molecule has 0 radical (unpaired) electrons. The van der Waals surface area contributed by atoms with Crippen LogP contribution in [0.5, 0.6) is 5.75 Å². The van der Waals surface area contributed by atoms with E-state index in [1.165, 1.54) is 0 Å². The maximum Gasteiger partial charge on any atom is 0.254 e. The highest BCUT2D eigenvalue weighted by Gasteiger charge is 2.56. The van der Waals surface area contributed by atoms with Gasteiger partial charge in [-0.1, -0.05) is 24.3 Å². The Hall–Kier alpha value is -2.90. The molecule has 31 heavy (non-hydrogen) atoms. The van der Waals surface area contributed by atoms with Crippen LogP contribution in [0.25, 0.3) is 0 Å². The summed E-state index contributed by atoms with van der Waals surface area (Å²) in [5.41, 5.74) is 1.11. The van der Waals surface area contributed by atoms with Crippen LogP contribution in [0.2, 0.25) is 0 Å². The number of rotatable bonds is 3. The fraction of sp³-hybridized carbons (Fsp3) is 0.417. The SMILES string of the molecule is COc1cccc(C(=O)N2CC3COCCN3C3(C2)CN(C(=O)c2ccccc2)C3)c1. The normalized spacial score (nSPS) is 22.5. The third-order valence-electron chi connectivity index (χ3n) is 6.64. The van der Waals surface area contributed by atoms with E-state index >= 15 is 0 Å². The third-order valence-corrected chi connectivity index (χ3v) is 6.64. The Bertz CT molecular complexity index is 974. The molecule has 1 unspecified atom stereocenters. The average Bonchev–Trinajstić information content (AvgIpc) is 2.81. The predicted molar refractivity (Wildman–Crippen MR) is 115 cm³/mol. The smallest absolute Gasteiger partial charge is 0.254 e. The van der Waals surface area contributed by atoms with Crippen LogP contribution in [0.15, 0.2) is 54.6 Å². The van der Waals surface area contributed by atoms with Gasteiger partial charge in [0.25, 0.3) is 11.8 Å². The maximum absolute atomic E-state index is 13.3. The highest BCUT2D eigenvalue weighted by Crippen LogP contribution is 2.37. The van der Waals surface area contributed by atoms with E-state index in [0.29, 0.717) is 56.3 Å². The molecule has 3 fully saturated rings. The molecule has 1 spiro atoms. The van der Waals surface area contributed by atoms with E-state index in [-0.39, 0.29) is 23.4 Å². The summed E-state index contributed by atoms with van der Waals surface area (Å²) >= 11 is 0. The molecule has 1 atom stereocenters. The van der Waals surface area contributed by atoms with Gasteiger partial charge in [-0.3, -0.25) is 14.5 Å². The standard InChI is InChI=1S/C24H27N3O4/c1-30-21-9-5-8-19(12-21)23(29)25-13-20-14-31-11-10-27(20)24(15-25)16-26(17-24)22(28)18-6-3-2-4-7-18/h2-9,12,20H,10-11,13-17H2,1H3. The lowest BCUT2D eigenvalue weighted by Crippen LogP contribution is -2.81. The Kier molecular flexibility index (Phi) is 5.16. The zero-order valence-electron chi connectivity index (χ0n) is 17.7. The molecule has 0 aliphatic carbocycles. The molecule has 0 N–H and O–H groups in total. The highest BCUT2D eigenvalue weighted by molar-refractivity contribution is 5.96. The monoisotopic (exact) mass is 421 g/mol. The zero-order valence-corrected chi connectivity index (χ0v) is 17.7. The minimum Gasteiger partial charge on any atom is -0.497 e. The first kappa shape index (κ1) is 20.0. The fourth-order valence-electron chi connectivity index (χ4n) is 5.14. The second kappa shape index (κ2) is 7.98. The molecular weight excluding hydrogens is 394 g/mol. The lowest BCUT2D eigenvalue weighted by Gasteiger charge is -2.63. The first-order valence-corrected chi connectivity index (χ1v) is 10.7. The van der Waals surface area contributed by atoms with Crippen LogP contribution < -0.4 is 4.74 Å². The Morgan fingerprint density at radius 2 is 1.68 bits per heavy atom. The van der Waals surface area contributed by atoms with Crippen molar-refractivity contribution >= 4 is 11.8 Å². The maximum atomic E-state index is 13.3. The second-order valence-corrected chi connectivity index (χ2v) is 8.59. The summed E-state index contributed by atoms with van der Waals surface area (Å²) < 4.78 is 11.0. The van der Waals surface area contributed by atoms with Gasteiger partial charge in [-0.15, -0.1) is 0 Å².